The van der Waals surface area contributed by atoms with Gasteiger partial charge in [0.15, 0.2) is 16.7 Å². The van der Waals surface area contributed by atoms with E-state index in [1.54, 1.807) is 6.33 Å². The van der Waals surface area contributed by atoms with Gasteiger partial charge in [0.25, 0.3) is 0 Å². The lowest BCUT2D eigenvalue weighted by Gasteiger charge is -2.12. The largest absolute Gasteiger partial charge is 0.489 e. The Bertz CT molecular complexity index is 1040. The molecule has 4 rings (SSSR count). The van der Waals surface area contributed by atoms with Crippen LogP contribution in [-0.4, -0.2) is 33.9 Å². The monoisotopic (exact) mass is 430 g/mol. The summed E-state index contributed by atoms with van der Waals surface area (Å²) >= 11 is 7.92. The molecule has 1 N–H and O–H groups in total. The van der Waals surface area contributed by atoms with Crippen LogP contribution in [0, 0.1) is 0 Å². The first-order chi connectivity index (χ1) is 14.1. The van der Waals surface area contributed by atoms with E-state index in [-0.39, 0.29) is 5.91 Å². The number of ether oxygens (including phenoxy) is 2. The van der Waals surface area contributed by atoms with Crippen LogP contribution in [-0.2, 0) is 10.5 Å². The average Bonchev–Trinajstić information content (AvgIpc) is 3.03. The standard InChI is InChI=1S/C20H19ClN4O3S/c1-13(26)23-15-4-2-5-16(10-15)25-12-22-24-20(25)29-11-14-8-17(21)19-18(9-14)27-6-3-7-28-19/h2,4-5,8-10,12H,3,6-7,11H2,1H3,(H,23,26). The number of nitrogens with one attached hydrogen (secondary N) is 1. The Morgan fingerprint density at radius 3 is 3.00 bits per heavy atom. The number of nitrogens with zero attached hydrogens (tertiary/aromatic N) is 3. The van der Waals surface area contributed by atoms with Gasteiger partial charge in [-0.15, -0.1) is 10.2 Å². The summed E-state index contributed by atoms with van der Waals surface area (Å²) in [4.78, 5) is 11.3. The number of aromatic nitrogens is 3. The van der Waals surface area contributed by atoms with E-state index in [0.717, 1.165) is 22.8 Å². The number of anilines is 1. The van der Waals surface area contributed by atoms with Crippen molar-refractivity contribution in [2.75, 3.05) is 18.5 Å². The molecule has 0 atom stereocenters. The summed E-state index contributed by atoms with van der Waals surface area (Å²) in [5.41, 5.74) is 2.58. The fourth-order valence-corrected chi connectivity index (χ4v) is 4.10. The molecule has 29 heavy (non-hydrogen) atoms. The highest BCUT2D eigenvalue weighted by atomic mass is 35.5. The Morgan fingerprint density at radius 2 is 2.14 bits per heavy atom. The van der Waals surface area contributed by atoms with E-state index in [1.165, 1.54) is 18.7 Å². The Morgan fingerprint density at radius 1 is 1.28 bits per heavy atom. The van der Waals surface area contributed by atoms with E-state index in [9.17, 15) is 4.79 Å². The smallest absolute Gasteiger partial charge is 0.221 e. The predicted molar refractivity (Wildman–Crippen MR) is 112 cm³/mol. The van der Waals surface area contributed by atoms with Gasteiger partial charge in [-0.25, -0.2) is 0 Å². The number of amides is 1. The van der Waals surface area contributed by atoms with Crippen molar-refractivity contribution in [1.29, 1.82) is 0 Å². The third-order valence-electron chi connectivity index (χ3n) is 4.19. The molecule has 9 heteroatoms. The lowest BCUT2D eigenvalue weighted by Crippen LogP contribution is -2.06. The van der Waals surface area contributed by atoms with Gasteiger partial charge in [-0.1, -0.05) is 29.4 Å². The molecule has 1 aromatic heterocycles. The zero-order valence-corrected chi connectivity index (χ0v) is 17.3. The fourth-order valence-electron chi connectivity index (χ4n) is 2.95. The Balaban J connectivity index is 1.53. The van der Waals surface area contributed by atoms with Crippen LogP contribution in [0.4, 0.5) is 5.69 Å². The Kier molecular flexibility index (Phi) is 5.92. The molecule has 2 aromatic carbocycles. The number of benzene rings is 2. The van der Waals surface area contributed by atoms with Gasteiger partial charge in [-0.05, 0) is 35.9 Å². The molecule has 7 nitrogen and oxygen atoms in total. The quantitative estimate of drug-likeness (QED) is 0.607. The van der Waals surface area contributed by atoms with E-state index in [2.05, 4.69) is 15.5 Å². The molecular formula is C20H19ClN4O3S. The number of carbonyl (C=O) groups is 1. The minimum Gasteiger partial charge on any atom is -0.489 e. The van der Waals surface area contributed by atoms with Gasteiger partial charge in [0.2, 0.25) is 5.91 Å². The average molecular weight is 431 g/mol. The van der Waals surface area contributed by atoms with Gasteiger partial charge in [0.1, 0.15) is 6.33 Å². The second-order valence-corrected chi connectivity index (χ2v) is 7.81. The number of hydrogen-bond acceptors (Lipinski definition) is 6. The van der Waals surface area contributed by atoms with Crippen molar-refractivity contribution >= 4 is 35.0 Å². The fraction of sp³-hybridized carbons (Fsp3) is 0.250. The molecule has 0 bridgehead atoms. The van der Waals surface area contributed by atoms with Crippen molar-refractivity contribution < 1.29 is 14.3 Å². The number of halogens is 1. The van der Waals surface area contributed by atoms with Gasteiger partial charge in [0, 0.05) is 24.8 Å². The van der Waals surface area contributed by atoms with Crippen molar-refractivity contribution in [1.82, 2.24) is 14.8 Å². The second-order valence-electron chi connectivity index (χ2n) is 6.46. The highest BCUT2D eigenvalue weighted by Crippen LogP contribution is 2.39. The van der Waals surface area contributed by atoms with Crippen molar-refractivity contribution in [3.05, 3.63) is 53.3 Å². The Labute approximate surface area is 177 Å². The van der Waals surface area contributed by atoms with Crippen LogP contribution < -0.4 is 14.8 Å². The van der Waals surface area contributed by atoms with Crippen molar-refractivity contribution in [2.24, 2.45) is 0 Å². The minimum absolute atomic E-state index is 0.119. The molecule has 1 aliphatic rings. The maximum atomic E-state index is 11.3. The van der Waals surface area contributed by atoms with Crippen LogP contribution in [0.3, 0.4) is 0 Å². The van der Waals surface area contributed by atoms with Crippen molar-refractivity contribution in [3.8, 4) is 17.2 Å². The molecule has 1 amide bonds. The molecule has 1 aliphatic heterocycles. The zero-order valence-electron chi connectivity index (χ0n) is 15.7. The summed E-state index contributed by atoms with van der Waals surface area (Å²) < 4.78 is 13.3. The van der Waals surface area contributed by atoms with E-state index >= 15 is 0 Å². The van der Waals surface area contributed by atoms with Gasteiger partial charge in [-0.3, -0.25) is 9.36 Å². The van der Waals surface area contributed by atoms with E-state index < -0.39 is 0 Å². The number of carbonyl (C=O) groups excluding carboxylic acids is 1. The third kappa shape index (κ3) is 4.65. The molecule has 0 aliphatic carbocycles. The molecular weight excluding hydrogens is 412 g/mol. The van der Waals surface area contributed by atoms with Crippen LogP contribution >= 0.6 is 23.4 Å². The molecule has 0 saturated heterocycles. The molecule has 0 radical (unpaired) electrons. The number of thioether (sulfide) groups is 1. The summed E-state index contributed by atoms with van der Waals surface area (Å²) in [6.07, 6.45) is 2.48. The molecule has 150 valence electrons. The molecule has 0 unspecified atom stereocenters. The van der Waals surface area contributed by atoms with Crippen LogP contribution in [0.25, 0.3) is 5.69 Å². The molecule has 0 spiro atoms. The summed E-state index contributed by atoms with van der Waals surface area (Å²) in [5, 5.41) is 12.3. The van der Waals surface area contributed by atoms with E-state index in [4.69, 9.17) is 21.1 Å². The first-order valence-electron chi connectivity index (χ1n) is 9.09. The molecule has 3 aromatic rings. The maximum absolute atomic E-state index is 11.3. The molecule has 0 saturated carbocycles. The van der Waals surface area contributed by atoms with Gasteiger partial charge in [-0.2, -0.15) is 0 Å². The SMILES string of the molecule is CC(=O)Nc1cccc(-n2cnnc2SCc2cc(Cl)c3c(c2)OCCCO3)c1. The minimum atomic E-state index is -0.119. The van der Waals surface area contributed by atoms with Crippen molar-refractivity contribution in [2.45, 2.75) is 24.3 Å². The normalized spacial score (nSPS) is 13.0. The first kappa shape index (κ1) is 19.6. The number of hydrogen-bond donors (Lipinski definition) is 1. The number of rotatable bonds is 5. The highest BCUT2D eigenvalue weighted by molar-refractivity contribution is 7.98. The maximum Gasteiger partial charge on any atom is 0.221 e. The molecule has 0 fully saturated rings. The van der Waals surface area contributed by atoms with Crippen LogP contribution in [0.1, 0.15) is 18.9 Å². The van der Waals surface area contributed by atoms with Crippen LogP contribution in [0.15, 0.2) is 47.9 Å². The summed E-state index contributed by atoms with van der Waals surface area (Å²) in [6, 6.07) is 11.4. The van der Waals surface area contributed by atoms with Crippen LogP contribution in [0.2, 0.25) is 5.02 Å². The van der Waals surface area contributed by atoms with Crippen molar-refractivity contribution in [3.63, 3.8) is 0 Å². The first-order valence-corrected chi connectivity index (χ1v) is 10.5. The lowest BCUT2D eigenvalue weighted by molar-refractivity contribution is -0.114. The topological polar surface area (TPSA) is 78.3 Å². The number of fused-ring (bicyclic) bond motifs is 1. The molecule has 2 heterocycles. The van der Waals surface area contributed by atoms with Crippen LogP contribution in [0.5, 0.6) is 11.5 Å². The van der Waals surface area contributed by atoms with E-state index in [0.29, 0.717) is 41.2 Å². The van der Waals surface area contributed by atoms with Gasteiger partial charge < -0.3 is 14.8 Å². The highest BCUT2D eigenvalue weighted by Gasteiger charge is 2.16. The van der Waals surface area contributed by atoms with E-state index in [1.807, 2.05) is 41.0 Å². The summed E-state index contributed by atoms with van der Waals surface area (Å²) in [5.74, 6) is 1.80. The predicted octanol–water partition coefficient (Wildman–Crippen LogP) is 4.33. The third-order valence-corrected chi connectivity index (χ3v) is 5.49. The van der Waals surface area contributed by atoms with Gasteiger partial charge in [0.05, 0.1) is 23.9 Å². The van der Waals surface area contributed by atoms with Gasteiger partial charge >= 0.3 is 0 Å². The Hall–Kier alpha value is -2.71. The zero-order chi connectivity index (χ0) is 20.2. The summed E-state index contributed by atoms with van der Waals surface area (Å²) in [7, 11) is 0. The second kappa shape index (κ2) is 8.75. The lowest BCUT2D eigenvalue weighted by atomic mass is 10.2. The summed E-state index contributed by atoms with van der Waals surface area (Å²) in [6.45, 7) is 2.69.